The smallest absolute Gasteiger partial charge is 0.0592 e. The van der Waals surface area contributed by atoms with Crippen molar-refractivity contribution < 1.29 is 5.11 Å². The number of thioether (sulfide) groups is 1. The molecule has 78 valence electrons. The summed E-state index contributed by atoms with van der Waals surface area (Å²) in [6, 6.07) is 8.33. The fourth-order valence-corrected chi connectivity index (χ4v) is 2.58. The maximum atomic E-state index is 8.97. The minimum atomic E-state index is 0.166. The van der Waals surface area contributed by atoms with Gasteiger partial charge in [0.15, 0.2) is 0 Å². The highest BCUT2D eigenvalue weighted by Crippen LogP contribution is 2.22. The van der Waals surface area contributed by atoms with E-state index in [1.165, 1.54) is 4.90 Å². The summed E-state index contributed by atoms with van der Waals surface area (Å²) in [6.07, 6.45) is 0. The third-order valence-electron chi connectivity index (χ3n) is 1.88. The van der Waals surface area contributed by atoms with Crippen molar-refractivity contribution in [2.24, 2.45) is 0 Å². The Balaban J connectivity index is 2.44. The Morgan fingerprint density at radius 2 is 2.36 bits per heavy atom. The number of likely N-dealkylation sites (N-methyl/N-ethyl adjacent to an activating group) is 1. The Bertz CT molecular complexity index is 279. The van der Waals surface area contributed by atoms with E-state index in [4.69, 9.17) is 5.11 Å². The Hall–Kier alpha value is -0.0300. The third kappa shape index (κ3) is 4.00. The minimum Gasteiger partial charge on any atom is -0.395 e. The van der Waals surface area contributed by atoms with Gasteiger partial charge in [0.25, 0.3) is 0 Å². The second-order valence-corrected chi connectivity index (χ2v) is 4.95. The molecule has 1 aromatic rings. The second kappa shape index (κ2) is 6.45. The summed E-state index contributed by atoms with van der Waals surface area (Å²) >= 11 is 5.16. The molecule has 0 aromatic heterocycles. The highest BCUT2D eigenvalue weighted by molar-refractivity contribution is 9.10. The Kier molecular flexibility index (Phi) is 5.55. The lowest BCUT2D eigenvalue weighted by atomic mass is 10.4. The third-order valence-corrected chi connectivity index (χ3v) is 3.53. The van der Waals surface area contributed by atoms with Crippen LogP contribution in [0.15, 0.2) is 33.6 Å². The van der Waals surface area contributed by atoms with Crippen LogP contribution in [0.5, 0.6) is 0 Å². The van der Waals surface area contributed by atoms with Crippen LogP contribution in [0.3, 0.4) is 0 Å². The van der Waals surface area contributed by atoms with Crippen molar-refractivity contribution in [2.45, 2.75) is 10.9 Å². The van der Waals surface area contributed by atoms with Crippen molar-refractivity contribution in [1.29, 1.82) is 0 Å². The van der Waals surface area contributed by atoms with E-state index in [1.807, 2.05) is 19.2 Å². The van der Waals surface area contributed by atoms with Crippen molar-refractivity contribution in [3.63, 3.8) is 0 Å². The second-order valence-electron chi connectivity index (χ2n) is 2.94. The van der Waals surface area contributed by atoms with E-state index in [2.05, 4.69) is 33.4 Å². The molecule has 4 heteroatoms. The highest BCUT2D eigenvalue weighted by Gasteiger charge is 2.04. The Morgan fingerprint density at radius 1 is 1.57 bits per heavy atom. The normalized spacial score (nSPS) is 12.8. The number of aliphatic hydroxyl groups excluding tert-OH is 1. The molecule has 0 aliphatic carbocycles. The van der Waals surface area contributed by atoms with Gasteiger partial charge in [-0.2, -0.15) is 0 Å². The van der Waals surface area contributed by atoms with Gasteiger partial charge in [0, 0.05) is 21.2 Å². The summed E-state index contributed by atoms with van der Waals surface area (Å²) in [7, 11) is 1.86. The highest BCUT2D eigenvalue weighted by atomic mass is 79.9. The predicted molar refractivity (Wildman–Crippen MR) is 64.8 cm³/mol. The van der Waals surface area contributed by atoms with Gasteiger partial charge in [0.1, 0.15) is 0 Å². The Morgan fingerprint density at radius 3 is 2.93 bits per heavy atom. The first kappa shape index (κ1) is 12.0. The van der Waals surface area contributed by atoms with Crippen molar-refractivity contribution >= 4 is 27.7 Å². The molecule has 0 amide bonds. The minimum absolute atomic E-state index is 0.166. The molecule has 0 bridgehead atoms. The van der Waals surface area contributed by atoms with Crippen LogP contribution in [0.25, 0.3) is 0 Å². The molecule has 2 N–H and O–H groups in total. The SMILES string of the molecule is CNC(CO)CSc1cccc(Br)c1. The standard InChI is InChI=1S/C10H14BrNOS/c1-12-9(6-13)7-14-10-4-2-3-8(11)5-10/h2-5,9,12-13H,6-7H2,1H3. The molecular weight excluding hydrogens is 262 g/mol. The maximum Gasteiger partial charge on any atom is 0.0592 e. The monoisotopic (exact) mass is 275 g/mol. The zero-order valence-electron chi connectivity index (χ0n) is 8.03. The number of hydrogen-bond donors (Lipinski definition) is 2. The van der Waals surface area contributed by atoms with Crippen molar-refractivity contribution in [3.05, 3.63) is 28.7 Å². The van der Waals surface area contributed by atoms with Crippen LogP contribution >= 0.6 is 27.7 Å². The van der Waals surface area contributed by atoms with E-state index in [-0.39, 0.29) is 12.6 Å². The molecule has 0 fully saturated rings. The first-order valence-corrected chi connectivity index (χ1v) is 6.20. The van der Waals surface area contributed by atoms with Gasteiger partial charge in [-0.3, -0.25) is 0 Å². The number of benzene rings is 1. The predicted octanol–water partition coefficient (Wildman–Crippen LogP) is 2.12. The van der Waals surface area contributed by atoms with Crippen LogP contribution in [0.2, 0.25) is 0 Å². The Labute approximate surface area is 97.2 Å². The van der Waals surface area contributed by atoms with Gasteiger partial charge in [0.05, 0.1) is 6.61 Å². The molecule has 14 heavy (non-hydrogen) atoms. The quantitative estimate of drug-likeness (QED) is 0.808. The van der Waals surface area contributed by atoms with E-state index >= 15 is 0 Å². The van der Waals surface area contributed by atoms with E-state index in [0.717, 1.165) is 10.2 Å². The van der Waals surface area contributed by atoms with Crippen molar-refractivity contribution in [2.75, 3.05) is 19.4 Å². The molecule has 0 saturated carbocycles. The van der Waals surface area contributed by atoms with Crippen molar-refractivity contribution in [3.8, 4) is 0 Å². The summed E-state index contributed by atoms with van der Waals surface area (Å²) in [5, 5.41) is 12.0. The zero-order chi connectivity index (χ0) is 10.4. The van der Waals surface area contributed by atoms with E-state index < -0.39 is 0 Å². The van der Waals surface area contributed by atoms with Crippen LogP contribution in [0.1, 0.15) is 0 Å². The molecule has 1 aromatic carbocycles. The average molecular weight is 276 g/mol. The zero-order valence-corrected chi connectivity index (χ0v) is 10.4. The molecule has 1 rings (SSSR count). The molecule has 0 saturated heterocycles. The fourth-order valence-electron chi connectivity index (χ4n) is 0.981. The van der Waals surface area contributed by atoms with Gasteiger partial charge in [-0.15, -0.1) is 11.8 Å². The van der Waals surface area contributed by atoms with Crippen LogP contribution < -0.4 is 5.32 Å². The van der Waals surface area contributed by atoms with Gasteiger partial charge < -0.3 is 10.4 Å². The van der Waals surface area contributed by atoms with Crippen LogP contribution in [0.4, 0.5) is 0 Å². The first-order chi connectivity index (χ1) is 6.76. The number of hydrogen-bond acceptors (Lipinski definition) is 3. The first-order valence-electron chi connectivity index (χ1n) is 4.42. The molecule has 1 atom stereocenters. The van der Waals surface area contributed by atoms with Gasteiger partial charge in [-0.1, -0.05) is 22.0 Å². The van der Waals surface area contributed by atoms with Crippen LogP contribution in [-0.2, 0) is 0 Å². The summed E-state index contributed by atoms with van der Waals surface area (Å²) in [5.74, 6) is 0.878. The summed E-state index contributed by atoms with van der Waals surface area (Å²) in [5.41, 5.74) is 0. The van der Waals surface area contributed by atoms with Gasteiger partial charge in [-0.05, 0) is 25.2 Å². The van der Waals surface area contributed by atoms with Gasteiger partial charge >= 0.3 is 0 Å². The maximum absolute atomic E-state index is 8.97. The largest absolute Gasteiger partial charge is 0.395 e. The van der Waals surface area contributed by atoms with E-state index in [9.17, 15) is 0 Å². The number of aliphatic hydroxyl groups is 1. The molecule has 0 heterocycles. The lowest BCUT2D eigenvalue weighted by Gasteiger charge is -2.12. The van der Waals surface area contributed by atoms with Crippen LogP contribution in [-0.4, -0.2) is 30.6 Å². The molecule has 0 radical (unpaired) electrons. The lowest BCUT2D eigenvalue weighted by Crippen LogP contribution is -2.31. The topological polar surface area (TPSA) is 32.3 Å². The molecule has 0 aliphatic heterocycles. The fraction of sp³-hybridized carbons (Fsp3) is 0.400. The number of halogens is 1. The molecule has 0 aliphatic rings. The lowest BCUT2D eigenvalue weighted by molar-refractivity contribution is 0.260. The molecule has 1 unspecified atom stereocenters. The number of rotatable bonds is 5. The van der Waals surface area contributed by atoms with Crippen molar-refractivity contribution in [1.82, 2.24) is 5.32 Å². The summed E-state index contributed by atoms with van der Waals surface area (Å²) in [6.45, 7) is 0.178. The number of nitrogens with one attached hydrogen (secondary N) is 1. The van der Waals surface area contributed by atoms with E-state index in [1.54, 1.807) is 11.8 Å². The van der Waals surface area contributed by atoms with Gasteiger partial charge in [-0.25, -0.2) is 0 Å². The molecule has 0 spiro atoms. The summed E-state index contributed by atoms with van der Waals surface area (Å²) < 4.78 is 1.09. The van der Waals surface area contributed by atoms with E-state index in [0.29, 0.717) is 0 Å². The summed E-state index contributed by atoms with van der Waals surface area (Å²) in [4.78, 5) is 1.22. The molecular formula is C10H14BrNOS. The average Bonchev–Trinajstić information content (AvgIpc) is 2.19. The van der Waals surface area contributed by atoms with Crippen LogP contribution in [0, 0.1) is 0 Å². The molecule has 2 nitrogen and oxygen atoms in total. The van der Waals surface area contributed by atoms with Gasteiger partial charge in [0.2, 0.25) is 0 Å².